The highest BCUT2D eigenvalue weighted by molar-refractivity contribution is 5.55. The van der Waals surface area contributed by atoms with Gasteiger partial charge in [-0.25, -0.2) is 0 Å². The molecule has 1 aromatic rings. The van der Waals surface area contributed by atoms with Crippen LogP contribution in [0.2, 0.25) is 0 Å². The summed E-state index contributed by atoms with van der Waals surface area (Å²) in [6.45, 7) is 5.08. The lowest BCUT2D eigenvalue weighted by atomic mass is 9.92. The van der Waals surface area contributed by atoms with Crippen LogP contribution < -0.4 is 19.9 Å². The molecule has 22 heavy (non-hydrogen) atoms. The van der Waals surface area contributed by atoms with Gasteiger partial charge in [0.1, 0.15) is 0 Å². The zero-order chi connectivity index (χ0) is 16.1. The summed E-state index contributed by atoms with van der Waals surface area (Å²) in [5.41, 5.74) is 7.19. The van der Waals surface area contributed by atoms with Gasteiger partial charge in [-0.15, -0.1) is 0 Å². The number of nitrogens with zero attached hydrogens (tertiary/aromatic N) is 1. The molecule has 0 aliphatic carbocycles. The molecule has 2 unspecified atom stereocenters. The van der Waals surface area contributed by atoms with Crippen molar-refractivity contribution in [2.45, 2.75) is 32.4 Å². The van der Waals surface area contributed by atoms with Gasteiger partial charge in [-0.2, -0.15) is 0 Å². The lowest BCUT2D eigenvalue weighted by Gasteiger charge is -2.35. The number of likely N-dealkylation sites (tertiary alicyclic amines) is 1. The first-order valence-corrected chi connectivity index (χ1v) is 7.86. The molecule has 1 aliphatic rings. The lowest BCUT2D eigenvalue weighted by Crippen LogP contribution is -2.41. The number of benzene rings is 1. The lowest BCUT2D eigenvalue weighted by molar-refractivity contribution is 0.152. The van der Waals surface area contributed by atoms with E-state index in [0.29, 0.717) is 17.4 Å². The highest BCUT2D eigenvalue weighted by Gasteiger charge is 2.24. The number of methoxy groups -OCH3 is 3. The van der Waals surface area contributed by atoms with Crippen LogP contribution in [0.15, 0.2) is 12.1 Å². The van der Waals surface area contributed by atoms with Gasteiger partial charge in [0.15, 0.2) is 11.5 Å². The molecule has 5 heteroatoms. The van der Waals surface area contributed by atoms with Crippen LogP contribution in [-0.2, 0) is 6.54 Å². The molecule has 0 amide bonds. The van der Waals surface area contributed by atoms with Crippen LogP contribution in [0.4, 0.5) is 0 Å². The zero-order valence-electron chi connectivity index (χ0n) is 14.1. The van der Waals surface area contributed by atoms with Crippen LogP contribution in [0.1, 0.15) is 25.3 Å². The SMILES string of the molecule is COc1ccc(CN2CCCC(C(C)N)C2)c(OC)c1OC. The first kappa shape index (κ1) is 16.9. The van der Waals surface area contributed by atoms with Gasteiger partial charge in [-0.1, -0.05) is 6.07 Å². The maximum absolute atomic E-state index is 6.07. The van der Waals surface area contributed by atoms with E-state index < -0.39 is 0 Å². The molecule has 1 heterocycles. The quantitative estimate of drug-likeness (QED) is 0.873. The summed E-state index contributed by atoms with van der Waals surface area (Å²) in [5.74, 6) is 2.67. The summed E-state index contributed by atoms with van der Waals surface area (Å²) >= 11 is 0. The van der Waals surface area contributed by atoms with E-state index in [2.05, 4.69) is 17.9 Å². The van der Waals surface area contributed by atoms with E-state index in [0.717, 1.165) is 30.9 Å². The fourth-order valence-corrected chi connectivity index (χ4v) is 3.19. The molecule has 2 atom stereocenters. The molecule has 5 nitrogen and oxygen atoms in total. The van der Waals surface area contributed by atoms with Crippen molar-refractivity contribution in [1.82, 2.24) is 4.90 Å². The predicted octanol–water partition coefficient (Wildman–Crippen LogP) is 2.27. The van der Waals surface area contributed by atoms with E-state index in [-0.39, 0.29) is 6.04 Å². The smallest absolute Gasteiger partial charge is 0.203 e. The van der Waals surface area contributed by atoms with Crippen LogP contribution in [-0.4, -0.2) is 45.4 Å². The Kier molecular flexibility index (Phi) is 5.91. The number of nitrogens with two attached hydrogens (primary N) is 1. The third-order valence-corrected chi connectivity index (χ3v) is 4.47. The van der Waals surface area contributed by atoms with Gasteiger partial charge >= 0.3 is 0 Å². The number of ether oxygens (including phenoxy) is 3. The van der Waals surface area contributed by atoms with Crippen molar-refractivity contribution in [3.63, 3.8) is 0 Å². The van der Waals surface area contributed by atoms with Crippen molar-refractivity contribution in [3.05, 3.63) is 17.7 Å². The fourth-order valence-electron chi connectivity index (χ4n) is 3.19. The summed E-state index contributed by atoms with van der Waals surface area (Å²) in [6.07, 6.45) is 2.42. The minimum Gasteiger partial charge on any atom is -0.493 e. The molecule has 0 bridgehead atoms. The molecule has 0 spiro atoms. The molecule has 0 radical (unpaired) electrons. The van der Waals surface area contributed by atoms with Crippen molar-refractivity contribution >= 4 is 0 Å². The van der Waals surface area contributed by atoms with Gasteiger partial charge in [-0.3, -0.25) is 4.90 Å². The van der Waals surface area contributed by atoms with Gasteiger partial charge in [-0.05, 0) is 38.3 Å². The maximum Gasteiger partial charge on any atom is 0.203 e. The summed E-state index contributed by atoms with van der Waals surface area (Å²) in [6, 6.07) is 4.23. The van der Waals surface area contributed by atoms with E-state index in [4.69, 9.17) is 19.9 Å². The minimum atomic E-state index is 0.245. The normalized spacial score (nSPS) is 20.5. The molecule has 1 aliphatic heterocycles. The highest BCUT2D eigenvalue weighted by atomic mass is 16.5. The Bertz CT molecular complexity index is 491. The van der Waals surface area contributed by atoms with Crippen molar-refractivity contribution in [2.24, 2.45) is 11.7 Å². The van der Waals surface area contributed by atoms with E-state index in [9.17, 15) is 0 Å². The van der Waals surface area contributed by atoms with Crippen molar-refractivity contribution in [2.75, 3.05) is 34.4 Å². The molecular formula is C17H28N2O3. The van der Waals surface area contributed by atoms with E-state index in [1.54, 1.807) is 21.3 Å². The monoisotopic (exact) mass is 308 g/mol. The average Bonchev–Trinajstić information content (AvgIpc) is 2.54. The summed E-state index contributed by atoms with van der Waals surface area (Å²) < 4.78 is 16.4. The van der Waals surface area contributed by atoms with Gasteiger partial charge in [0, 0.05) is 24.7 Å². The van der Waals surface area contributed by atoms with Crippen molar-refractivity contribution < 1.29 is 14.2 Å². The van der Waals surface area contributed by atoms with Gasteiger partial charge in [0.25, 0.3) is 0 Å². The van der Waals surface area contributed by atoms with Gasteiger partial charge in [0.2, 0.25) is 5.75 Å². The molecule has 2 rings (SSSR count). The Labute approximate surface area is 133 Å². The number of hydrogen-bond donors (Lipinski definition) is 1. The van der Waals surface area contributed by atoms with Crippen LogP contribution in [0.5, 0.6) is 17.2 Å². The molecule has 0 aromatic heterocycles. The Hall–Kier alpha value is -1.46. The molecule has 1 fully saturated rings. The van der Waals surface area contributed by atoms with Crippen molar-refractivity contribution in [1.29, 1.82) is 0 Å². The summed E-state index contributed by atoms with van der Waals surface area (Å²) in [7, 11) is 4.94. The van der Waals surface area contributed by atoms with Gasteiger partial charge in [0.05, 0.1) is 21.3 Å². The first-order chi connectivity index (χ1) is 10.6. The Morgan fingerprint density at radius 3 is 2.50 bits per heavy atom. The van der Waals surface area contributed by atoms with Crippen LogP contribution in [0.3, 0.4) is 0 Å². The molecule has 2 N–H and O–H groups in total. The van der Waals surface area contributed by atoms with Gasteiger partial charge < -0.3 is 19.9 Å². The standard InChI is InChI=1S/C17H28N2O3/c1-12(18)13-6-5-9-19(10-13)11-14-7-8-15(20-2)17(22-4)16(14)21-3/h7-8,12-13H,5-6,9-11,18H2,1-4H3. The maximum atomic E-state index is 6.07. The third-order valence-electron chi connectivity index (χ3n) is 4.47. The number of hydrogen-bond acceptors (Lipinski definition) is 5. The van der Waals surface area contributed by atoms with Crippen LogP contribution in [0.25, 0.3) is 0 Å². The summed E-state index contributed by atoms with van der Waals surface area (Å²) in [4.78, 5) is 2.45. The summed E-state index contributed by atoms with van der Waals surface area (Å²) in [5, 5.41) is 0. The molecule has 1 aromatic carbocycles. The second-order valence-electron chi connectivity index (χ2n) is 5.99. The largest absolute Gasteiger partial charge is 0.493 e. The minimum absolute atomic E-state index is 0.245. The van der Waals surface area contributed by atoms with Crippen molar-refractivity contribution in [3.8, 4) is 17.2 Å². The second-order valence-corrected chi connectivity index (χ2v) is 5.99. The second kappa shape index (κ2) is 7.70. The zero-order valence-corrected chi connectivity index (χ0v) is 14.1. The third kappa shape index (κ3) is 3.65. The highest BCUT2D eigenvalue weighted by Crippen LogP contribution is 2.40. The number of piperidine rings is 1. The Balaban J connectivity index is 2.18. The first-order valence-electron chi connectivity index (χ1n) is 7.86. The van der Waals surface area contributed by atoms with E-state index in [1.165, 1.54) is 12.8 Å². The molecule has 0 saturated carbocycles. The molecule has 124 valence electrons. The predicted molar refractivity (Wildman–Crippen MR) is 87.7 cm³/mol. The molecular weight excluding hydrogens is 280 g/mol. The molecule has 1 saturated heterocycles. The average molecular weight is 308 g/mol. The topological polar surface area (TPSA) is 57.0 Å². The van der Waals surface area contributed by atoms with E-state index in [1.807, 2.05) is 6.07 Å². The Morgan fingerprint density at radius 1 is 1.18 bits per heavy atom. The van der Waals surface area contributed by atoms with Crippen LogP contribution in [0, 0.1) is 5.92 Å². The fraction of sp³-hybridized carbons (Fsp3) is 0.647. The van der Waals surface area contributed by atoms with E-state index >= 15 is 0 Å². The van der Waals surface area contributed by atoms with Crippen LogP contribution >= 0.6 is 0 Å². The Morgan fingerprint density at radius 2 is 1.91 bits per heavy atom. The number of rotatable bonds is 6.